The SMILES string of the molecule is CCOCCN(CC)S(=O)(=O)c1n[nH]c(C)c1CO. The average Bonchev–Trinajstić information content (AvgIpc) is 2.76. The first-order valence-corrected chi connectivity index (χ1v) is 7.65. The van der Waals surface area contributed by atoms with Gasteiger partial charge in [0.05, 0.1) is 13.2 Å². The molecule has 0 saturated carbocycles. The van der Waals surface area contributed by atoms with E-state index >= 15 is 0 Å². The minimum Gasteiger partial charge on any atom is -0.392 e. The lowest BCUT2D eigenvalue weighted by molar-refractivity contribution is 0.135. The maximum atomic E-state index is 12.4. The molecule has 1 heterocycles. The number of sulfonamides is 1. The van der Waals surface area contributed by atoms with E-state index < -0.39 is 10.0 Å². The summed E-state index contributed by atoms with van der Waals surface area (Å²) in [6.07, 6.45) is 0. The maximum absolute atomic E-state index is 12.4. The Hall–Kier alpha value is -0.960. The molecule has 7 nitrogen and oxygen atoms in total. The van der Waals surface area contributed by atoms with Crippen molar-refractivity contribution < 1.29 is 18.3 Å². The molecule has 19 heavy (non-hydrogen) atoms. The molecule has 0 radical (unpaired) electrons. The highest BCUT2D eigenvalue weighted by atomic mass is 32.2. The molecule has 0 amide bonds. The van der Waals surface area contributed by atoms with Crippen molar-refractivity contribution in [3.63, 3.8) is 0 Å². The summed E-state index contributed by atoms with van der Waals surface area (Å²) in [7, 11) is -3.70. The van der Waals surface area contributed by atoms with Gasteiger partial charge in [0.25, 0.3) is 10.0 Å². The summed E-state index contributed by atoms with van der Waals surface area (Å²) in [6, 6.07) is 0. The van der Waals surface area contributed by atoms with Crippen LogP contribution in [0.4, 0.5) is 0 Å². The van der Waals surface area contributed by atoms with E-state index in [1.54, 1.807) is 13.8 Å². The summed E-state index contributed by atoms with van der Waals surface area (Å²) in [5.74, 6) is 0. The van der Waals surface area contributed by atoms with Crippen LogP contribution in [0.3, 0.4) is 0 Å². The first-order chi connectivity index (χ1) is 8.98. The van der Waals surface area contributed by atoms with Crippen LogP contribution in [0.2, 0.25) is 0 Å². The van der Waals surface area contributed by atoms with Crippen LogP contribution in [0, 0.1) is 6.92 Å². The first kappa shape index (κ1) is 16.1. The third kappa shape index (κ3) is 3.53. The lowest BCUT2D eigenvalue weighted by Crippen LogP contribution is -2.34. The number of likely N-dealkylation sites (N-methyl/N-ethyl adjacent to an activating group) is 1. The van der Waals surface area contributed by atoms with E-state index in [-0.39, 0.29) is 18.2 Å². The van der Waals surface area contributed by atoms with Gasteiger partial charge in [0, 0.05) is 31.0 Å². The number of aliphatic hydroxyl groups is 1. The largest absolute Gasteiger partial charge is 0.392 e. The van der Waals surface area contributed by atoms with Gasteiger partial charge in [-0.15, -0.1) is 0 Å². The quantitative estimate of drug-likeness (QED) is 0.670. The second kappa shape index (κ2) is 6.99. The van der Waals surface area contributed by atoms with Gasteiger partial charge in [0.1, 0.15) is 0 Å². The van der Waals surface area contributed by atoms with Crippen LogP contribution in [-0.4, -0.2) is 54.3 Å². The molecule has 0 fully saturated rings. The van der Waals surface area contributed by atoms with Gasteiger partial charge in [0.2, 0.25) is 0 Å². The molecule has 1 rings (SSSR count). The van der Waals surface area contributed by atoms with Gasteiger partial charge < -0.3 is 9.84 Å². The number of rotatable bonds is 8. The number of aromatic amines is 1. The number of hydrogen-bond acceptors (Lipinski definition) is 5. The average molecular weight is 291 g/mol. The maximum Gasteiger partial charge on any atom is 0.262 e. The summed E-state index contributed by atoms with van der Waals surface area (Å²) in [5, 5.41) is 15.5. The van der Waals surface area contributed by atoms with E-state index in [9.17, 15) is 13.5 Å². The zero-order valence-corrected chi connectivity index (χ0v) is 12.3. The Labute approximate surface area is 113 Å². The molecule has 110 valence electrons. The molecule has 0 bridgehead atoms. The highest BCUT2D eigenvalue weighted by Gasteiger charge is 2.29. The molecule has 0 aromatic carbocycles. The summed E-state index contributed by atoms with van der Waals surface area (Å²) < 4.78 is 31.3. The van der Waals surface area contributed by atoms with Crippen molar-refractivity contribution in [2.75, 3.05) is 26.3 Å². The van der Waals surface area contributed by atoms with Crippen LogP contribution in [0.15, 0.2) is 5.03 Å². The van der Waals surface area contributed by atoms with Crippen LogP contribution in [-0.2, 0) is 21.4 Å². The number of nitrogens with one attached hydrogen (secondary N) is 1. The van der Waals surface area contributed by atoms with Crippen molar-refractivity contribution in [2.45, 2.75) is 32.4 Å². The summed E-state index contributed by atoms with van der Waals surface area (Å²) in [6.45, 7) is 6.39. The number of nitrogens with zero attached hydrogens (tertiary/aromatic N) is 2. The molecule has 0 aliphatic heterocycles. The van der Waals surface area contributed by atoms with Gasteiger partial charge in [-0.2, -0.15) is 9.40 Å². The van der Waals surface area contributed by atoms with E-state index in [1.807, 2.05) is 6.92 Å². The zero-order valence-electron chi connectivity index (χ0n) is 11.5. The topological polar surface area (TPSA) is 95.5 Å². The second-order valence-corrected chi connectivity index (χ2v) is 5.84. The standard InChI is InChI=1S/C11H21N3O4S/c1-4-14(6-7-18-5-2)19(16,17)11-10(8-15)9(3)12-13-11/h15H,4-8H2,1-3H3,(H,12,13). The molecular weight excluding hydrogens is 270 g/mol. The highest BCUT2D eigenvalue weighted by molar-refractivity contribution is 7.89. The van der Waals surface area contributed by atoms with E-state index in [4.69, 9.17) is 4.74 Å². The molecule has 1 aromatic heterocycles. The summed E-state index contributed by atoms with van der Waals surface area (Å²) >= 11 is 0. The van der Waals surface area contributed by atoms with Crippen LogP contribution < -0.4 is 0 Å². The molecule has 2 N–H and O–H groups in total. The van der Waals surface area contributed by atoms with E-state index in [2.05, 4.69) is 10.2 Å². The van der Waals surface area contributed by atoms with Crippen molar-refractivity contribution in [3.8, 4) is 0 Å². The number of ether oxygens (including phenoxy) is 1. The third-order valence-corrected chi connectivity index (χ3v) is 4.77. The van der Waals surface area contributed by atoms with Gasteiger partial charge in [-0.1, -0.05) is 6.92 Å². The van der Waals surface area contributed by atoms with Crippen molar-refractivity contribution in [3.05, 3.63) is 11.3 Å². The van der Waals surface area contributed by atoms with E-state index in [1.165, 1.54) is 4.31 Å². The van der Waals surface area contributed by atoms with Crippen LogP contribution in [0.5, 0.6) is 0 Å². The fourth-order valence-electron chi connectivity index (χ4n) is 1.71. The number of H-pyrrole nitrogens is 1. The van der Waals surface area contributed by atoms with Crippen molar-refractivity contribution in [1.82, 2.24) is 14.5 Å². The van der Waals surface area contributed by atoms with Crippen LogP contribution in [0.1, 0.15) is 25.1 Å². The van der Waals surface area contributed by atoms with Crippen molar-refractivity contribution >= 4 is 10.0 Å². The molecule has 0 atom stereocenters. The summed E-state index contributed by atoms with van der Waals surface area (Å²) in [5.41, 5.74) is 0.872. The second-order valence-electron chi connectivity index (χ2n) is 3.98. The Bertz CT molecular complexity index is 498. The van der Waals surface area contributed by atoms with Crippen molar-refractivity contribution in [2.24, 2.45) is 0 Å². The van der Waals surface area contributed by atoms with Gasteiger partial charge in [0.15, 0.2) is 5.03 Å². The minimum absolute atomic E-state index is 0.106. The van der Waals surface area contributed by atoms with Crippen LogP contribution >= 0.6 is 0 Å². The Morgan fingerprint density at radius 3 is 2.63 bits per heavy atom. The van der Waals surface area contributed by atoms with Crippen molar-refractivity contribution in [1.29, 1.82) is 0 Å². The highest BCUT2D eigenvalue weighted by Crippen LogP contribution is 2.20. The molecule has 8 heteroatoms. The first-order valence-electron chi connectivity index (χ1n) is 6.21. The fourth-order valence-corrected chi connectivity index (χ4v) is 3.30. The number of aromatic nitrogens is 2. The zero-order chi connectivity index (χ0) is 14.5. The predicted molar refractivity (Wildman–Crippen MR) is 70.2 cm³/mol. The monoisotopic (exact) mass is 291 g/mol. The Morgan fingerprint density at radius 1 is 1.42 bits per heavy atom. The van der Waals surface area contributed by atoms with E-state index in [0.29, 0.717) is 31.0 Å². The lowest BCUT2D eigenvalue weighted by atomic mass is 10.3. The molecule has 1 aromatic rings. The predicted octanol–water partition coefficient (Wildman–Crippen LogP) is 0.258. The normalized spacial score (nSPS) is 12.3. The number of hydrogen-bond donors (Lipinski definition) is 2. The Kier molecular flexibility index (Phi) is 5.92. The van der Waals surface area contributed by atoms with Gasteiger partial charge >= 0.3 is 0 Å². The summed E-state index contributed by atoms with van der Waals surface area (Å²) in [4.78, 5) is 0. The van der Waals surface area contributed by atoms with Gasteiger partial charge in [-0.3, -0.25) is 5.10 Å². The van der Waals surface area contributed by atoms with Gasteiger partial charge in [-0.25, -0.2) is 8.42 Å². The smallest absolute Gasteiger partial charge is 0.262 e. The van der Waals surface area contributed by atoms with Gasteiger partial charge in [-0.05, 0) is 13.8 Å². The molecule has 0 spiro atoms. The Morgan fingerprint density at radius 2 is 2.11 bits per heavy atom. The molecule has 0 aliphatic carbocycles. The third-order valence-electron chi connectivity index (χ3n) is 2.82. The molecule has 0 aliphatic rings. The number of aryl methyl sites for hydroxylation is 1. The lowest BCUT2D eigenvalue weighted by Gasteiger charge is -2.19. The Balaban J connectivity index is 2.99. The number of aliphatic hydroxyl groups excluding tert-OH is 1. The molecule has 0 saturated heterocycles. The fraction of sp³-hybridized carbons (Fsp3) is 0.727. The minimum atomic E-state index is -3.70. The molecular formula is C11H21N3O4S. The van der Waals surface area contributed by atoms with Crippen LogP contribution in [0.25, 0.3) is 0 Å². The molecule has 0 unspecified atom stereocenters. The van der Waals surface area contributed by atoms with E-state index in [0.717, 1.165) is 0 Å².